The van der Waals surface area contributed by atoms with Gasteiger partial charge in [-0.1, -0.05) is 6.07 Å². The minimum atomic E-state index is -0.388. The van der Waals surface area contributed by atoms with Crippen LogP contribution >= 0.6 is 0 Å². The van der Waals surface area contributed by atoms with Crippen molar-refractivity contribution >= 4 is 5.91 Å². The van der Waals surface area contributed by atoms with Gasteiger partial charge in [0.25, 0.3) is 0 Å². The predicted octanol–water partition coefficient (Wildman–Crippen LogP) is 1.16. The number of hydrogen-bond donors (Lipinski definition) is 2. The molecule has 2 saturated carbocycles. The largest absolute Gasteiger partial charge is 0.392 e. The lowest BCUT2D eigenvalue weighted by Gasteiger charge is -2.55. The molecular weight excluding hydrogens is 280 g/mol. The monoisotopic (exact) mass is 302 g/mol. The minimum absolute atomic E-state index is 0.0769. The maximum atomic E-state index is 12.8. The van der Waals surface area contributed by atoms with Crippen LogP contribution in [-0.2, 0) is 14.9 Å². The lowest BCUT2D eigenvalue weighted by atomic mass is 9.57. The molecule has 0 aromatic carbocycles. The summed E-state index contributed by atoms with van der Waals surface area (Å²) in [6.07, 6.45) is 7.32. The number of hydrogen-bond acceptors (Lipinski definition) is 4. The van der Waals surface area contributed by atoms with Crippen molar-refractivity contribution < 1.29 is 14.6 Å². The Bertz CT molecular complexity index is 565. The zero-order valence-corrected chi connectivity index (χ0v) is 12.6. The van der Waals surface area contributed by atoms with Gasteiger partial charge in [0.2, 0.25) is 5.91 Å². The molecule has 4 rings (SSSR count). The number of aromatic nitrogens is 1. The summed E-state index contributed by atoms with van der Waals surface area (Å²) in [5, 5.41) is 13.5. The van der Waals surface area contributed by atoms with E-state index in [1.165, 1.54) is 0 Å². The van der Waals surface area contributed by atoms with Crippen LogP contribution in [0.15, 0.2) is 24.5 Å². The van der Waals surface area contributed by atoms with Crippen LogP contribution in [0.3, 0.4) is 0 Å². The van der Waals surface area contributed by atoms with Crippen molar-refractivity contribution in [2.75, 3.05) is 13.2 Å². The number of carbonyl (C=O) groups excluding carboxylic acids is 1. The summed E-state index contributed by atoms with van der Waals surface area (Å²) in [5.41, 5.74) is 0.452. The van der Waals surface area contributed by atoms with Gasteiger partial charge in [-0.2, -0.15) is 0 Å². The summed E-state index contributed by atoms with van der Waals surface area (Å²) in [5.74, 6) is 0.100. The molecule has 5 nitrogen and oxygen atoms in total. The average molecular weight is 302 g/mol. The molecule has 1 aromatic heterocycles. The predicted molar refractivity (Wildman–Crippen MR) is 80.2 cm³/mol. The topological polar surface area (TPSA) is 71.5 Å². The lowest BCUT2D eigenvalue weighted by molar-refractivity contribution is -0.157. The van der Waals surface area contributed by atoms with Crippen molar-refractivity contribution in [2.24, 2.45) is 5.41 Å². The van der Waals surface area contributed by atoms with Crippen LogP contribution in [0.4, 0.5) is 0 Å². The van der Waals surface area contributed by atoms with Crippen LogP contribution in [-0.4, -0.2) is 41.4 Å². The van der Waals surface area contributed by atoms with Crippen molar-refractivity contribution in [3.8, 4) is 0 Å². The Morgan fingerprint density at radius 3 is 2.68 bits per heavy atom. The number of carbonyl (C=O) groups is 1. The Hall–Kier alpha value is -1.46. The van der Waals surface area contributed by atoms with E-state index < -0.39 is 0 Å². The van der Waals surface area contributed by atoms with E-state index in [0.29, 0.717) is 19.6 Å². The van der Waals surface area contributed by atoms with Crippen LogP contribution in [0.2, 0.25) is 0 Å². The van der Waals surface area contributed by atoms with Gasteiger partial charge in [0.05, 0.1) is 11.5 Å². The van der Waals surface area contributed by atoms with Gasteiger partial charge in [-0.25, -0.2) is 0 Å². The van der Waals surface area contributed by atoms with Gasteiger partial charge in [0.15, 0.2) is 0 Å². The second-order valence-electron chi connectivity index (χ2n) is 6.95. The second-order valence-corrected chi connectivity index (χ2v) is 6.95. The van der Waals surface area contributed by atoms with Crippen LogP contribution in [0.5, 0.6) is 0 Å². The highest BCUT2D eigenvalue weighted by Crippen LogP contribution is 2.52. The molecule has 1 spiro atoms. The molecule has 1 amide bonds. The van der Waals surface area contributed by atoms with Crippen LogP contribution in [0.1, 0.15) is 37.7 Å². The molecule has 2 heterocycles. The van der Waals surface area contributed by atoms with Gasteiger partial charge in [-0.15, -0.1) is 0 Å². The Labute approximate surface area is 130 Å². The summed E-state index contributed by atoms with van der Waals surface area (Å²) in [6.45, 7) is 1.36. The fourth-order valence-corrected chi connectivity index (χ4v) is 4.11. The molecular formula is C17H22N2O3. The molecule has 1 aromatic rings. The van der Waals surface area contributed by atoms with E-state index in [-0.39, 0.29) is 28.9 Å². The third-order valence-corrected chi connectivity index (χ3v) is 5.94. The third kappa shape index (κ3) is 1.99. The number of nitrogens with one attached hydrogen (secondary N) is 1. The summed E-state index contributed by atoms with van der Waals surface area (Å²) >= 11 is 0. The summed E-state index contributed by atoms with van der Waals surface area (Å²) in [7, 11) is 0. The second kappa shape index (κ2) is 5.03. The van der Waals surface area contributed by atoms with Crippen molar-refractivity contribution in [1.82, 2.24) is 10.3 Å². The highest BCUT2D eigenvalue weighted by Gasteiger charge is 2.58. The molecule has 0 bridgehead atoms. The van der Waals surface area contributed by atoms with Crippen molar-refractivity contribution in [3.05, 3.63) is 30.1 Å². The number of aliphatic hydroxyl groups is 1. The minimum Gasteiger partial charge on any atom is -0.392 e. The van der Waals surface area contributed by atoms with Crippen LogP contribution in [0.25, 0.3) is 0 Å². The van der Waals surface area contributed by atoms with Crippen molar-refractivity contribution in [2.45, 2.75) is 49.7 Å². The quantitative estimate of drug-likeness (QED) is 0.879. The number of nitrogens with zero attached hydrogens (tertiary/aromatic N) is 1. The molecule has 0 radical (unpaired) electrons. The SMILES string of the molecule is O=C(N[C@@H]1C[C@@H](O)C12CCOCC2)C1(c2cccnc2)CC1. The number of amides is 1. The molecule has 2 atom stereocenters. The fourth-order valence-electron chi connectivity index (χ4n) is 4.11. The Kier molecular flexibility index (Phi) is 3.24. The Balaban J connectivity index is 1.49. The molecule has 2 aliphatic carbocycles. The van der Waals surface area contributed by atoms with Crippen LogP contribution in [0, 0.1) is 5.41 Å². The van der Waals surface area contributed by atoms with Gasteiger partial charge >= 0.3 is 0 Å². The number of ether oxygens (including phenoxy) is 1. The van der Waals surface area contributed by atoms with E-state index >= 15 is 0 Å². The molecule has 2 N–H and O–H groups in total. The highest BCUT2D eigenvalue weighted by atomic mass is 16.5. The van der Waals surface area contributed by atoms with Gasteiger partial charge < -0.3 is 15.2 Å². The normalized spacial score (nSPS) is 31.3. The van der Waals surface area contributed by atoms with E-state index in [1.54, 1.807) is 12.4 Å². The lowest BCUT2D eigenvalue weighted by Crippen LogP contribution is -2.66. The molecule has 3 fully saturated rings. The highest BCUT2D eigenvalue weighted by molar-refractivity contribution is 5.91. The van der Waals surface area contributed by atoms with E-state index in [9.17, 15) is 9.90 Å². The first kappa shape index (κ1) is 14.2. The zero-order valence-electron chi connectivity index (χ0n) is 12.6. The first-order chi connectivity index (χ1) is 10.7. The molecule has 118 valence electrons. The summed E-state index contributed by atoms with van der Waals surface area (Å²) in [6, 6.07) is 3.95. The molecule has 22 heavy (non-hydrogen) atoms. The average Bonchev–Trinajstić information content (AvgIpc) is 3.38. The zero-order chi connectivity index (χ0) is 15.2. The number of aliphatic hydroxyl groups excluding tert-OH is 1. The third-order valence-electron chi connectivity index (χ3n) is 5.94. The molecule has 1 aliphatic heterocycles. The van der Waals surface area contributed by atoms with Gasteiger partial charge in [-0.05, 0) is 43.7 Å². The summed E-state index contributed by atoms with van der Waals surface area (Å²) in [4.78, 5) is 17.0. The molecule has 0 unspecified atom stereocenters. The van der Waals surface area contributed by atoms with Crippen LogP contribution < -0.4 is 5.32 Å². The van der Waals surface area contributed by atoms with Crippen molar-refractivity contribution in [1.29, 1.82) is 0 Å². The van der Waals surface area contributed by atoms with E-state index in [0.717, 1.165) is 31.2 Å². The van der Waals surface area contributed by atoms with E-state index in [1.807, 2.05) is 12.1 Å². The van der Waals surface area contributed by atoms with Gasteiger partial charge in [-0.3, -0.25) is 9.78 Å². The van der Waals surface area contributed by atoms with Crippen molar-refractivity contribution in [3.63, 3.8) is 0 Å². The Morgan fingerprint density at radius 2 is 2.09 bits per heavy atom. The van der Waals surface area contributed by atoms with Gasteiger partial charge in [0, 0.05) is 37.1 Å². The molecule has 1 saturated heterocycles. The van der Waals surface area contributed by atoms with E-state index in [4.69, 9.17) is 4.74 Å². The van der Waals surface area contributed by atoms with E-state index in [2.05, 4.69) is 10.3 Å². The Morgan fingerprint density at radius 1 is 1.32 bits per heavy atom. The fraction of sp³-hybridized carbons (Fsp3) is 0.647. The number of pyridine rings is 1. The van der Waals surface area contributed by atoms with Gasteiger partial charge in [0.1, 0.15) is 0 Å². The maximum absolute atomic E-state index is 12.8. The summed E-state index contributed by atoms with van der Waals surface area (Å²) < 4.78 is 5.42. The smallest absolute Gasteiger partial charge is 0.230 e. The number of rotatable bonds is 3. The first-order valence-electron chi connectivity index (χ1n) is 8.15. The maximum Gasteiger partial charge on any atom is 0.230 e. The molecule has 5 heteroatoms. The standard InChI is InChI=1S/C17H22N2O3/c20-14-10-13(17(14)5-8-22-9-6-17)19-15(21)16(3-4-16)12-2-1-7-18-11-12/h1-2,7,11,13-14,20H,3-6,8-10H2,(H,19,21)/t13-,14-/m1/s1. The first-order valence-corrected chi connectivity index (χ1v) is 8.15. The molecule has 3 aliphatic rings.